The summed E-state index contributed by atoms with van der Waals surface area (Å²) in [5, 5.41) is 3.77. The van der Waals surface area contributed by atoms with Gasteiger partial charge in [0.25, 0.3) is 5.91 Å². The molecule has 0 atom stereocenters. The number of hydrogen-bond donors (Lipinski definition) is 1. The van der Waals surface area contributed by atoms with Crippen LogP contribution in [0.4, 0.5) is 5.69 Å². The molecule has 6 nitrogen and oxygen atoms in total. The first kappa shape index (κ1) is 16.0. The van der Waals surface area contributed by atoms with Crippen molar-refractivity contribution < 1.29 is 14.3 Å². The summed E-state index contributed by atoms with van der Waals surface area (Å²) in [5.74, 6) is 0.336. The Morgan fingerprint density at radius 3 is 2.79 bits per heavy atom. The number of aromatic nitrogens is 2. The maximum absolute atomic E-state index is 12.6. The maximum Gasteiger partial charge on any atom is 0.256 e. The van der Waals surface area contributed by atoms with Gasteiger partial charge in [0, 0.05) is 42.4 Å². The number of hydrogen-bond acceptors (Lipinski definition) is 4. The molecule has 0 spiro atoms. The van der Waals surface area contributed by atoms with Crippen molar-refractivity contribution in [2.24, 2.45) is 0 Å². The molecular formula is C18H19N3O3. The third-order valence-electron chi connectivity index (χ3n) is 3.80. The average molecular weight is 325 g/mol. The van der Waals surface area contributed by atoms with Crippen molar-refractivity contribution in [1.82, 2.24) is 9.55 Å². The van der Waals surface area contributed by atoms with Gasteiger partial charge in [-0.25, -0.2) is 4.98 Å². The van der Waals surface area contributed by atoms with E-state index in [-0.39, 0.29) is 5.91 Å². The van der Waals surface area contributed by atoms with Crippen molar-refractivity contribution in [1.29, 1.82) is 0 Å². The fraction of sp³-hybridized carbons (Fsp3) is 0.222. The van der Waals surface area contributed by atoms with Crippen LogP contribution >= 0.6 is 0 Å². The topological polar surface area (TPSA) is 65.4 Å². The number of carbonyl (C=O) groups is 1. The van der Waals surface area contributed by atoms with Crippen LogP contribution in [0.15, 0.2) is 48.8 Å². The normalized spacial score (nSPS) is 10.8. The van der Waals surface area contributed by atoms with Crippen LogP contribution < -0.4 is 10.1 Å². The van der Waals surface area contributed by atoms with Gasteiger partial charge in [0.1, 0.15) is 0 Å². The van der Waals surface area contributed by atoms with Crippen LogP contribution in [-0.4, -0.2) is 36.3 Å². The number of amides is 1. The fourth-order valence-corrected chi connectivity index (χ4v) is 2.58. The van der Waals surface area contributed by atoms with Gasteiger partial charge in [-0.15, -0.1) is 0 Å². The van der Waals surface area contributed by atoms with Crippen molar-refractivity contribution in [2.75, 3.05) is 26.1 Å². The lowest BCUT2D eigenvalue weighted by atomic mass is 10.1. The van der Waals surface area contributed by atoms with Crippen LogP contribution in [0.2, 0.25) is 0 Å². The highest BCUT2D eigenvalue weighted by Crippen LogP contribution is 2.22. The van der Waals surface area contributed by atoms with Crippen LogP contribution in [0.5, 0.6) is 5.88 Å². The van der Waals surface area contributed by atoms with Crippen molar-refractivity contribution in [2.45, 2.75) is 6.54 Å². The Kier molecular flexibility index (Phi) is 4.77. The molecule has 2 heterocycles. The molecule has 6 heteroatoms. The van der Waals surface area contributed by atoms with E-state index in [1.165, 1.54) is 0 Å². The Bertz CT molecular complexity index is 840. The molecule has 0 fully saturated rings. The lowest BCUT2D eigenvalue weighted by Crippen LogP contribution is -2.12. The van der Waals surface area contributed by atoms with Crippen LogP contribution in [0.25, 0.3) is 10.9 Å². The van der Waals surface area contributed by atoms with E-state index < -0.39 is 0 Å². The molecule has 0 aliphatic rings. The molecular weight excluding hydrogens is 306 g/mol. The molecule has 0 saturated heterocycles. The second-order valence-electron chi connectivity index (χ2n) is 5.28. The van der Waals surface area contributed by atoms with Gasteiger partial charge in [0.2, 0.25) is 5.88 Å². The predicted octanol–water partition coefficient (Wildman–Crippen LogP) is 2.94. The van der Waals surface area contributed by atoms with E-state index in [1.54, 1.807) is 32.5 Å². The number of pyridine rings is 1. The van der Waals surface area contributed by atoms with Crippen molar-refractivity contribution in [3.63, 3.8) is 0 Å². The number of benzene rings is 1. The van der Waals surface area contributed by atoms with Gasteiger partial charge in [-0.1, -0.05) is 6.07 Å². The molecule has 0 radical (unpaired) electrons. The number of ether oxygens (including phenoxy) is 2. The van der Waals surface area contributed by atoms with Crippen molar-refractivity contribution in [3.05, 3.63) is 54.4 Å². The lowest BCUT2D eigenvalue weighted by Gasteiger charge is -2.08. The first-order valence-electron chi connectivity index (χ1n) is 7.61. The van der Waals surface area contributed by atoms with E-state index in [9.17, 15) is 4.79 Å². The molecule has 1 N–H and O–H groups in total. The number of carbonyl (C=O) groups excluding carboxylic acids is 1. The Morgan fingerprint density at radius 2 is 2.08 bits per heavy atom. The summed E-state index contributed by atoms with van der Waals surface area (Å²) in [5.41, 5.74) is 2.25. The zero-order valence-corrected chi connectivity index (χ0v) is 13.7. The number of nitrogens with one attached hydrogen (secondary N) is 1. The molecule has 3 aromatic rings. The maximum atomic E-state index is 12.6. The first-order chi connectivity index (χ1) is 11.7. The molecule has 0 aliphatic carbocycles. The predicted molar refractivity (Wildman–Crippen MR) is 92.6 cm³/mol. The van der Waals surface area contributed by atoms with Crippen LogP contribution in [0.3, 0.4) is 0 Å². The van der Waals surface area contributed by atoms with E-state index in [4.69, 9.17) is 9.47 Å². The highest BCUT2D eigenvalue weighted by Gasteiger charge is 2.12. The fourth-order valence-electron chi connectivity index (χ4n) is 2.58. The highest BCUT2D eigenvalue weighted by atomic mass is 16.5. The third-order valence-corrected chi connectivity index (χ3v) is 3.80. The Hall–Kier alpha value is -2.86. The number of methoxy groups -OCH3 is 2. The van der Waals surface area contributed by atoms with E-state index >= 15 is 0 Å². The second-order valence-corrected chi connectivity index (χ2v) is 5.28. The van der Waals surface area contributed by atoms with Crippen molar-refractivity contribution in [3.8, 4) is 5.88 Å². The van der Waals surface area contributed by atoms with Gasteiger partial charge in [0.15, 0.2) is 0 Å². The summed E-state index contributed by atoms with van der Waals surface area (Å²) < 4.78 is 12.2. The number of nitrogens with zero attached hydrogens (tertiary/aromatic N) is 2. The molecule has 0 aliphatic heterocycles. The first-order valence-corrected chi connectivity index (χ1v) is 7.61. The van der Waals surface area contributed by atoms with Gasteiger partial charge >= 0.3 is 0 Å². The SMILES string of the molecule is COCCn1ccc2c(C(=O)Nc3ccc(OC)nc3)cccc21. The minimum absolute atomic E-state index is 0.169. The molecule has 0 saturated carbocycles. The number of rotatable bonds is 6. The standard InChI is InChI=1S/C18H19N3O3/c1-23-11-10-21-9-8-14-15(4-3-5-16(14)21)18(22)20-13-6-7-17(24-2)19-12-13/h3-9,12H,10-11H2,1-2H3,(H,20,22). The molecule has 0 unspecified atom stereocenters. The van der Waals surface area contributed by atoms with Crippen LogP contribution in [0.1, 0.15) is 10.4 Å². The molecule has 3 rings (SSSR count). The van der Waals surface area contributed by atoms with Gasteiger partial charge in [-0.05, 0) is 24.3 Å². The van der Waals surface area contributed by atoms with Crippen LogP contribution in [0, 0.1) is 0 Å². The van der Waals surface area contributed by atoms with E-state index in [0.717, 1.165) is 17.4 Å². The minimum atomic E-state index is -0.169. The Balaban J connectivity index is 1.85. The smallest absolute Gasteiger partial charge is 0.256 e. The molecule has 124 valence electrons. The summed E-state index contributed by atoms with van der Waals surface area (Å²) in [6, 6.07) is 11.1. The summed E-state index contributed by atoms with van der Waals surface area (Å²) in [6.07, 6.45) is 3.54. The summed E-state index contributed by atoms with van der Waals surface area (Å²) in [4.78, 5) is 16.7. The highest BCUT2D eigenvalue weighted by molar-refractivity contribution is 6.12. The monoisotopic (exact) mass is 325 g/mol. The van der Waals surface area contributed by atoms with E-state index in [1.807, 2.05) is 30.5 Å². The largest absolute Gasteiger partial charge is 0.481 e. The van der Waals surface area contributed by atoms with Crippen molar-refractivity contribution >= 4 is 22.5 Å². The molecule has 1 aromatic carbocycles. The zero-order chi connectivity index (χ0) is 16.9. The van der Waals surface area contributed by atoms with Gasteiger partial charge in [-0.3, -0.25) is 4.79 Å². The molecule has 0 bridgehead atoms. The van der Waals surface area contributed by atoms with Gasteiger partial charge in [0.05, 0.1) is 25.6 Å². The summed E-state index contributed by atoms with van der Waals surface area (Å²) in [7, 11) is 3.23. The lowest BCUT2D eigenvalue weighted by molar-refractivity contribution is 0.102. The molecule has 1 amide bonds. The van der Waals surface area contributed by atoms with Gasteiger partial charge in [-0.2, -0.15) is 0 Å². The average Bonchev–Trinajstić information content (AvgIpc) is 3.03. The number of fused-ring (bicyclic) bond motifs is 1. The summed E-state index contributed by atoms with van der Waals surface area (Å²) in [6.45, 7) is 1.37. The quantitative estimate of drug-likeness (QED) is 0.757. The van der Waals surface area contributed by atoms with E-state index in [0.29, 0.717) is 23.7 Å². The third kappa shape index (κ3) is 3.23. The van der Waals surface area contributed by atoms with Crippen LogP contribution in [-0.2, 0) is 11.3 Å². The Morgan fingerprint density at radius 1 is 1.21 bits per heavy atom. The van der Waals surface area contributed by atoms with E-state index in [2.05, 4.69) is 14.9 Å². The zero-order valence-electron chi connectivity index (χ0n) is 13.7. The second kappa shape index (κ2) is 7.14. The minimum Gasteiger partial charge on any atom is -0.481 e. The van der Waals surface area contributed by atoms with Gasteiger partial charge < -0.3 is 19.4 Å². The summed E-state index contributed by atoms with van der Waals surface area (Å²) >= 11 is 0. The number of anilines is 1. The Labute approximate surface area is 140 Å². The molecule has 24 heavy (non-hydrogen) atoms. The molecule has 2 aromatic heterocycles.